The van der Waals surface area contributed by atoms with Crippen LogP contribution in [0.1, 0.15) is 0 Å². The molecule has 4 aromatic rings. The minimum absolute atomic E-state index is 0. The van der Waals surface area contributed by atoms with Gasteiger partial charge in [0.25, 0.3) is 0 Å². The van der Waals surface area contributed by atoms with Crippen LogP contribution in [0.25, 0.3) is 32.3 Å². The fourth-order valence-corrected chi connectivity index (χ4v) is 2.86. The van der Waals surface area contributed by atoms with Crippen molar-refractivity contribution in [2.24, 2.45) is 0 Å². The molecule has 0 aromatic heterocycles. The van der Waals surface area contributed by atoms with Crippen LogP contribution in [0.2, 0.25) is 0 Å². The van der Waals surface area contributed by atoms with E-state index in [1.165, 1.54) is 32.3 Å². The Bertz CT molecular complexity index is 657. The van der Waals surface area contributed by atoms with Crippen molar-refractivity contribution in [2.75, 3.05) is 0 Å². The van der Waals surface area contributed by atoms with Gasteiger partial charge in [0.05, 0.1) is 0 Å². The molecule has 0 atom stereocenters. The summed E-state index contributed by atoms with van der Waals surface area (Å²) in [6.45, 7) is 0. The monoisotopic (exact) mass is 267 g/mol. The van der Waals surface area contributed by atoms with Crippen molar-refractivity contribution in [1.29, 1.82) is 0 Å². The molecule has 85 valence electrons. The summed E-state index contributed by atoms with van der Waals surface area (Å²) in [6.07, 6.45) is 0. The third-order valence-electron chi connectivity index (χ3n) is 3.65. The Morgan fingerprint density at radius 1 is 0.316 bits per heavy atom. The van der Waals surface area contributed by atoms with Gasteiger partial charge in [-0.3, -0.25) is 0 Å². The molecule has 0 nitrogen and oxygen atoms in total. The van der Waals surface area contributed by atoms with E-state index in [4.69, 9.17) is 0 Å². The first-order valence-corrected chi connectivity index (χ1v) is 6.23. The van der Waals surface area contributed by atoms with Crippen LogP contribution >= 0.6 is 0 Å². The summed E-state index contributed by atoms with van der Waals surface area (Å²) >= 11 is 0. The van der Waals surface area contributed by atoms with Crippen molar-refractivity contribution in [1.82, 2.24) is 0 Å². The van der Waals surface area contributed by atoms with Crippen LogP contribution in [-0.4, -0.2) is 51.4 Å². The van der Waals surface area contributed by atoms with Gasteiger partial charge in [0, 0.05) is 51.4 Å². The van der Waals surface area contributed by atoms with Crippen LogP contribution in [0.15, 0.2) is 72.8 Å². The molecule has 0 heterocycles. The number of hydrogen-bond acceptors (Lipinski definition) is 0. The summed E-state index contributed by atoms with van der Waals surface area (Å²) < 4.78 is 0. The van der Waals surface area contributed by atoms with Crippen LogP contribution in [-0.2, 0) is 0 Å². The average Bonchev–Trinajstić information content (AvgIpc) is 2.48. The molecule has 1 radical (unpaired) electrons. The van der Waals surface area contributed by atoms with Crippen LogP contribution in [0.4, 0.5) is 0 Å². The second kappa shape index (κ2) is 5.35. The molecular weight excluding hydrogens is 255 g/mol. The number of fused-ring (bicyclic) bond motifs is 6. The van der Waals surface area contributed by atoms with Crippen molar-refractivity contribution in [3.8, 4) is 0 Å². The average molecular weight is 267 g/mol. The first kappa shape index (κ1) is 13.3. The molecular formula is C18H12K. The van der Waals surface area contributed by atoms with E-state index >= 15 is 0 Å². The van der Waals surface area contributed by atoms with Crippen LogP contribution < -0.4 is 0 Å². The van der Waals surface area contributed by atoms with Crippen LogP contribution in [0.3, 0.4) is 0 Å². The molecule has 1 heteroatoms. The van der Waals surface area contributed by atoms with E-state index in [1.807, 2.05) is 0 Å². The molecule has 0 saturated carbocycles. The Balaban J connectivity index is 0.00000110. The maximum absolute atomic E-state index is 2.21. The standard InChI is InChI=1S/C18H12.K/c1-2-8-14-13(7-1)15-9-3-4-11-17(15)18-12-6-5-10-16(14)18;/h1-12H;. The predicted octanol–water partition coefficient (Wildman–Crippen LogP) is 4.77. The summed E-state index contributed by atoms with van der Waals surface area (Å²) in [6, 6.07) is 26.0. The number of benzene rings is 4. The molecule has 4 rings (SSSR count). The second-order valence-corrected chi connectivity index (χ2v) is 4.64. The quantitative estimate of drug-likeness (QED) is 0.318. The van der Waals surface area contributed by atoms with E-state index in [1.54, 1.807) is 0 Å². The fourth-order valence-electron chi connectivity index (χ4n) is 2.86. The molecule has 0 unspecified atom stereocenters. The first-order valence-electron chi connectivity index (χ1n) is 6.23. The first-order chi connectivity index (χ1) is 8.95. The Kier molecular flexibility index (Phi) is 3.74. The smallest absolute Gasteiger partial charge is 0 e. The summed E-state index contributed by atoms with van der Waals surface area (Å²) in [5.41, 5.74) is 0. The molecule has 0 amide bonds. The normalized spacial score (nSPS) is 10.7. The van der Waals surface area contributed by atoms with Gasteiger partial charge in [0.2, 0.25) is 0 Å². The molecule has 0 saturated heterocycles. The molecule has 0 aliphatic heterocycles. The van der Waals surface area contributed by atoms with Gasteiger partial charge in [-0.2, -0.15) is 0 Å². The van der Waals surface area contributed by atoms with Gasteiger partial charge in [0.15, 0.2) is 0 Å². The van der Waals surface area contributed by atoms with E-state index in [9.17, 15) is 0 Å². The molecule has 0 fully saturated rings. The Morgan fingerprint density at radius 3 is 0.632 bits per heavy atom. The Labute approximate surface area is 154 Å². The molecule has 0 N–H and O–H groups in total. The summed E-state index contributed by atoms with van der Waals surface area (Å²) in [5.74, 6) is 0. The predicted molar refractivity (Wildman–Crippen MR) is 84.7 cm³/mol. The van der Waals surface area contributed by atoms with E-state index in [-0.39, 0.29) is 51.4 Å². The van der Waals surface area contributed by atoms with Gasteiger partial charge in [0.1, 0.15) is 0 Å². The second-order valence-electron chi connectivity index (χ2n) is 4.64. The van der Waals surface area contributed by atoms with Crippen LogP contribution in [0.5, 0.6) is 0 Å². The molecule has 4 aromatic carbocycles. The molecule has 19 heavy (non-hydrogen) atoms. The van der Waals surface area contributed by atoms with E-state index in [0.717, 1.165) is 0 Å². The molecule has 0 aliphatic carbocycles. The SMILES string of the molecule is [K].c1ccc2c(c1)c1ccccc1c1ccccc21. The zero-order valence-electron chi connectivity index (χ0n) is 10.9. The zero-order valence-corrected chi connectivity index (χ0v) is 14.1. The zero-order chi connectivity index (χ0) is 11.9. The largest absolute Gasteiger partial charge is 0.0616 e. The molecule has 0 aliphatic rings. The Hall–Kier alpha value is -0.704. The number of rotatable bonds is 0. The third-order valence-corrected chi connectivity index (χ3v) is 3.65. The van der Waals surface area contributed by atoms with Gasteiger partial charge in [-0.1, -0.05) is 72.8 Å². The van der Waals surface area contributed by atoms with E-state index < -0.39 is 0 Å². The number of hydrogen-bond donors (Lipinski definition) is 0. The van der Waals surface area contributed by atoms with Gasteiger partial charge < -0.3 is 0 Å². The van der Waals surface area contributed by atoms with Gasteiger partial charge in [-0.05, 0) is 32.3 Å². The molecule has 0 bridgehead atoms. The summed E-state index contributed by atoms with van der Waals surface area (Å²) in [4.78, 5) is 0. The van der Waals surface area contributed by atoms with Crippen molar-refractivity contribution in [3.05, 3.63) is 72.8 Å². The minimum Gasteiger partial charge on any atom is -0.0616 e. The van der Waals surface area contributed by atoms with Gasteiger partial charge in [-0.15, -0.1) is 0 Å². The fraction of sp³-hybridized carbons (Fsp3) is 0. The summed E-state index contributed by atoms with van der Waals surface area (Å²) in [5, 5.41) is 8.04. The van der Waals surface area contributed by atoms with Crippen LogP contribution in [0, 0.1) is 0 Å². The Morgan fingerprint density at radius 2 is 0.474 bits per heavy atom. The van der Waals surface area contributed by atoms with E-state index in [2.05, 4.69) is 72.8 Å². The maximum atomic E-state index is 2.21. The van der Waals surface area contributed by atoms with Gasteiger partial charge in [-0.25, -0.2) is 0 Å². The van der Waals surface area contributed by atoms with Crippen molar-refractivity contribution < 1.29 is 0 Å². The molecule has 0 spiro atoms. The van der Waals surface area contributed by atoms with Crippen molar-refractivity contribution in [3.63, 3.8) is 0 Å². The van der Waals surface area contributed by atoms with Crippen molar-refractivity contribution >= 4 is 83.7 Å². The van der Waals surface area contributed by atoms with Crippen molar-refractivity contribution in [2.45, 2.75) is 0 Å². The third kappa shape index (κ3) is 2.06. The minimum atomic E-state index is 0. The topological polar surface area (TPSA) is 0 Å². The summed E-state index contributed by atoms with van der Waals surface area (Å²) in [7, 11) is 0. The maximum Gasteiger partial charge on any atom is 0 e. The van der Waals surface area contributed by atoms with E-state index in [0.29, 0.717) is 0 Å². The van der Waals surface area contributed by atoms with Gasteiger partial charge >= 0.3 is 0 Å².